The number of piperazine rings is 1. The zero-order valence-electron chi connectivity index (χ0n) is 13.3. The zero-order valence-corrected chi connectivity index (χ0v) is 13.3. The highest BCUT2D eigenvalue weighted by molar-refractivity contribution is 5.93. The quantitative estimate of drug-likeness (QED) is 0.854. The van der Waals surface area contributed by atoms with E-state index in [-0.39, 0.29) is 5.91 Å². The van der Waals surface area contributed by atoms with Gasteiger partial charge in [-0.1, -0.05) is 17.3 Å². The van der Waals surface area contributed by atoms with E-state index in [1.165, 1.54) is 11.1 Å². The maximum Gasteiger partial charge on any atom is 0.276 e. The lowest BCUT2D eigenvalue weighted by molar-refractivity contribution is 0.0654. The third-order valence-electron chi connectivity index (χ3n) is 4.31. The molecular formula is C17H21N3O2. The normalized spacial score (nSPS) is 16.0. The van der Waals surface area contributed by atoms with Gasteiger partial charge < -0.3 is 14.3 Å². The van der Waals surface area contributed by atoms with Crippen LogP contribution in [0.2, 0.25) is 0 Å². The largest absolute Gasteiger partial charge is 0.355 e. The van der Waals surface area contributed by atoms with Gasteiger partial charge in [0.2, 0.25) is 0 Å². The third kappa shape index (κ3) is 2.90. The van der Waals surface area contributed by atoms with E-state index in [1.807, 2.05) is 11.0 Å². The van der Waals surface area contributed by atoms with E-state index in [0.717, 1.165) is 31.7 Å². The number of likely N-dealkylation sites (N-methyl/N-ethyl adjacent to an activating group) is 1. The fraction of sp³-hybridized carbons (Fsp3) is 0.412. The molecule has 0 unspecified atom stereocenters. The molecule has 1 aromatic heterocycles. The molecule has 1 aliphatic heterocycles. The standard InChI is InChI=1S/C17H21N3O2/c1-12-4-5-14(10-13(12)2)16-11-15(18-22-16)17(21)20-8-6-19(3)7-9-20/h4-5,10-11H,6-9H2,1-3H3. The van der Waals surface area contributed by atoms with Crippen molar-refractivity contribution in [2.75, 3.05) is 33.2 Å². The van der Waals surface area contributed by atoms with Gasteiger partial charge >= 0.3 is 0 Å². The van der Waals surface area contributed by atoms with Gasteiger partial charge in [0.15, 0.2) is 11.5 Å². The van der Waals surface area contributed by atoms with Gasteiger partial charge in [-0.15, -0.1) is 0 Å². The molecule has 1 saturated heterocycles. The Labute approximate surface area is 130 Å². The van der Waals surface area contributed by atoms with Crippen LogP contribution in [0.1, 0.15) is 21.6 Å². The highest BCUT2D eigenvalue weighted by Crippen LogP contribution is 2.23. The minimum absolute atomic E-state index is 0.0491. The second-order valence-corrected chi connectivity index (χ2v) is 5.97. The smallest absolute Gasteiger partial charge is 0.276 e. The molecule has 22 heavy (non-hydrogen) atoms. The summed E-state index contributed by atoms with van der Waals surface area (Å²) < 4.78 is 5.37. The van der Waals surface area contributed by atoms with Crippen LogP contribution in [0.5, 0.6) is 0 Å². The van der Waals surface area contributed by atoms with Crippen LogP contribution in [0, 0.1) is 13.8 Å². The number of carbonyl (C=O) groups is 1. The first-order valence-electron chi connectivity index (χ1n) is 7.57. The fourth-order valence-corrected chi connectivity index (χ4v) is 2.58. The van der Waals surface area contributed by atoms with E-state index in [1.54, 1.807) is 6.07 Å². The van der Waals surface area contributed by atoms with Gasteiger partial charge in [0.05, 0.1) is 0 Å². The van der Waals surface area contributed by atoms with Crippen molar-refractivity contribution >= 4 is 5.91 Å². The van der Waals surface area contributed by atoms with Crippen molar-refractivity contribution in [2.45, 2.75) is 13.8 Å². The van der Waals surface area contributed by atoms with Crippen LogP contribution in [0.4, 0.5) is 0 Å². The second kappa shape index (κ2) is 5.93. The molecule has 0 N–H and O–H groups in total. The Hall–Kier alpha value is -2.14. The van der Waals surface area contributed by atoms with Crippen molar-refractivity contribution in [3.8, 4) is 11.3 Å². The predicted molar refractivity (Wildman–Crippen MR) is 84.8 cm³/mol. The number of hydrogen-bond acceptors (Lipinski definition) is 4. The number of aryl methyl sites for hydroxylation is 2. The van der Waals surface area contributed by atoms with E-state index in [4.69, 9.17) is 4.52 Å². The number of carbonyl (C=O) groups excluding carboxylic acids is 1. The van der Waals surface area contributed by atoms with Gasteiger partial charge in [-0.2, -0.15) is 0 Å². The monoisotopic (exact) mass is 299 g/mol. The summed E-state index contributed by atoms with van der Waals surface area (Å²) in [6.45, 7) is 7.40. The van der Waals surface area contributed by atoms with E-state index in [2.05, 4.69) is 43.1 Å². The first-order chi connectivity index (χ1) is 10.5. The maximum absolute atomic E-state index is 12.5. The topological polar surface area (TPSA) is 49.6 Å². The molecule has 3 rings (SSSR count). The number of hydrogen-bond donors (Lipinski definition) is 0. The van der Waals surface area contributed by atoms with Crippen LogP contribution >= 0.6 is 0 Å². The third-order valence-corrected chi connectivity index (χ3v) is 4.31. The summed E-state index contributed by atoms with van der Waals surface area (Å²) in [7, 11) is 2.07. The molecule has 1 fully saturated rings. The second-order valence-electron chi connectivity index (χ2n) is 5.97. The number of aromatic nitrogens is 1. The molecule has 5 nitrogen and oxygen atoms in total. The lowest BCUT2D eigenvalue weighted by Crippen LogP contribution is -2.47. The van der Waals surface area contributed by atoms with Gasteiger partial charge in [0.1, 0.15) is 0 Å². The van der Waals surface area contributed by atoms with Crippen LogP contribution in [-0.4, -0.2) is 54.1 Å². The van der Waals surface area contributed by atoms with Gasteiger partial charge in [-0.3, -0.25) is 4.79 Å². The van der Waals surface area contributed by atoms with Crippen molar-refractivity contribution in [1.82, 2.24) is 15.0 Å². The lowest BCUT2D eigenvalue weighted by atomic mass is 10.0. The summed E-state index contributed by atoms with van der Waals surface area (Å²) in [5, 5.41) is 3.96. The average Bonchev–Trinajstić information content (AvgIpc) is 3.00. The minimum Gasteiger partial charge on any atom is -0.355 e. The van der Waals surface area contributed by atoms with Gasteiger partial charge in [-0.25, -0.2) is 0 Å². The molecular weight excluding hydrogens is 278 g/mol. The molecule has 116 valence electrons. The number of amides is 1. The van der Waals surface area contributed by atoms with Crippen LogP contribution < -0.4 is 0 Å². The van der Waals surface area contributed by atoms with E-state index in [0.29, 0.717) is 11.5 Å². The molecule has 2 heterocycles. The highest BCUT2D eigenvalue weighted by Gasteiger charge is 2.23. The van der Waals surface area contributed by atoms with Gasteiger partial charge in [-0.05, 0) is 38.1 Å². The Kier molecular flexibility index (Phi) is 3.98. The molecule has 0 saturated carbocycles. The first-order valence-corrected chi connectivity index (χ1v) is 7.57. The average molecular weight is 299 g/mol. The van der Waals surface area contributed by atoms with Crippen molar-refractivity contribution in [1.29, 1.82) is 0 Å². The fourth-order valence-electron chi connectivity index (χ4n) is 2.58. The molecule has 5 heteroatoms. The molecule has 1 amide bonds. The molecule has 0 atom stereocenters. The molecule has 0 radical (unpaired) electrons. The summed E-state index contributed by atoms with van der Waals surface area (Å²) in [5.74, 6) is 0.590. The summed E-state index contributed by atoms with van der Waals surface area (Å²) in [4.78, 5) is 16.5. The van der Waals surface area contributed by atoms with Crippen molar-refractivity contribution in [3.63, 3.8) is 0 Å². The molecule has 0 bridgehead atoms. The van der Waals surface area contributed by atoms with Crippen LogP contribution in [0.25, 0.3) is 11.3 Å². The SMILES string of the molecule is Cc1ccc(-c2cc(C(=O)N3CCN(C)CC3)no2)cc1C. The molecule has 1 aliphatic rings. The Balaban J connectivity index is 1.78. The highest BCUT2D eigenvalue weighted by atomic mass is 16.5. The van der Waals surface area contributed by atoms with Crippen molar-refractivity contribution in [2.24, 2.45) is 0 Å². The van der Waals surface area contributed by atoms with Crippen molar-refractivity contribution in [3.05, 3.63) is 41.1 Å². The summed E-state index contributed by atoms with van der Waals surface area (Å²) in [5.41, 5.74) is 3.77. The predicted octanol–water partition coefficient (Wildman–Crippen LogP) is 2.35. The maximum atomic E-state index is 12.5. The Morgan fingerprint density at radius 1 is 1.09 bits per heavy atom. The molecule has 0 spiro atoms. The molecule has 1 aromatic carbocycles. The summed E-state index contributed by atoms with van der Waals surface area (Å²) in [6.07, 6.45) is 0. The number of rotatable bonds is 2. The van der Waals surface area contributed by atoms with Crippen molar-refractivity contribution < 1.29 is 9.32 Å². The van der Waals surface area contributed by atoms with Crippen LogP contribution in [-0.2, 0) is 0 Å². The van der Waals surface area contributed by atoms with E-state index in [9.17, 15) is 4.79 Å². The van der Waals surface area contributed by atoms with Gasteiger partial charge in [0.25, 0.3) is 5.91 Å². The number of benzene rings is 1. The zero-order chi connectivity index (χ0) is 15.7. The first kappa shape index (κ1) is 14.8. The Morgan fingerprint density at radius 2 is 1.82 bits per heavy atom. The Bertz CT molecular complexity index is 685. The number of nitrogens with zero attached hydrogens (tertiary/aromatic N) is 3. The van der Waals surface area contributed by atoms with Crippen LogP contribution in [0.15, 0.2) is 28.8 Å². The molecule has 0 aliphatic carbocycles. The van der Waals surface area contributed by atoms with E-state index >= 15 is 0 Å². The summed E-state index contributed by atoms with van der Waals surface area (Å²) in [6, 6.07) is 7.84. The van der Waals surface area contributed by atoms with E-state index < -0.39 is 0 Å². The summed E-state index contributed by atoms with van der Waals surface area (Å²) >= 11 is 0. The minimum atomic E-state index is -0.0491. The molecule has 2 aromatic rings. The van der Waals surface area contributed by atoms with Gasteiger partial charge in [0, 0.05) is 37.8 Å². The Morgan fingerprint density at radius 3 is 2.50 bits per heavy atom. The van der Waals surface area contributed by atoms with Crippen LogP contribution in [0.3, 0.4) is 0 Å². The lowest BCUT2D eigenvalue weighted by Gasteiger charge is -2.31.